The molecule has 0 aliphatic heterocycles. The molecule has 0 fully saturated rings. The lowest BCUT2D eigenvalue weighted by Crippen LogP contribution is -2.10. The first-order valence-electron chi connectivity index (χ1n) is 10.7. The van der Waals surface area contributed by atoms with Gasteiger partial charge in [-0.3, -0.25) is 9.78 Å². The molecule has 7 nitrogen and oxygen atoms in total. The first kappa shape index (κ1) is 24.5. The Labute approximate surface area is 198 Å². The van der Waals surface area contributed by atoms with E-state index in [1.54, 1.807) is 12.4 Å². The van der Waals surface area contributed by atoms with E-state index in [-0.39, 0.29) is 17.8 Å². The second-order valence-electron chi connectivity index (χ2n) is 7.88. The minimum atomic E-state index is -0.109. The Bertz CT molecular complexity index is 1230. The molecule has 0 aliphatic rings. The van der Waals surface area contributed by atoms with Crippen LogP contribution in [0.5, 0.6) is 0 Å². The molecule has 0 bridgehead atoms. The maximum atomic E-state index is 12.5. The van der Waals surface area contributed by atoms with Gasteiger partial charge in [-0.2, -0.15) is 9.59 Å². The predicted molar refractivity (Wildman–Crippen MR) is 127 cm³/mol. The summed E-state index contributed by atoms with van der Waals surface area (Å²) in [4.78, 5) is 39.2. The Hall–Kier alpha value is -4.19. The summed E-state index contributed by atoms with van der Waals surface area (Å²) in [5, 5.41) is 0. The molecule has 0 amide bonds. The van der Waals surface area contributed by atoms with Crippen LogP contribution in [0, 0.1) is 0 Å². The Kier molecular flexibility index (Phi) is 8.74. The minimum absolute atomic E-state index is 0.109. The number of aryl methyl sites for hydroxylation is 1. The zero-order valence-corrected chi connectivity index (χ0v) is 19.1. The summed E-state index contributed by atoms with van der Waals surface area (Å²) in [6.07, 6.45) is 4.47. The zero-order valence-electron chi connectivity index (χ0n) is 19.1. The van der Waals surface area contributed by atoms with Crippen LogP contribution in [0.3, 0.4) is 0 Å². The first-order chi connectivity index (χ1) is 16.5. The van der Waals surface area contributed by atoms with Gasteiger partial charge in [0.2, 0.25) is 5.78 Å². The molecule has 2 aromatic carbocycles. The summed E-state index contributed by atoms with van der Waals surface area (Å²) >= 11 is 0. The van der Waals surface area contributed by atoms with Crippen LogP contribution in [0.2, 0.25) is 0 Å². The van der Waals surface area contributed by atoms with E-state index in [0.29, 0.717) is 24.3 Å². The van der Waals surface area contributed by atoms with Crippen LogP contribution in [-0.4, -0.2) is 40.9 Å². The monoisotopic (exact) mass is 455 g/mol. The number of pyridine rings is 1. The smallest absolute Gasteiger partial charge is 0.373 e. The predicted octanol–water partition coefficient (Wildman–Crippen LogP) is 4.70. The number of Topliss-reactive ketones (excluding diaryl/α,β-unsaturated/α-hetero) is 1. The number of oxazole rings is 1. The SMILES string of the molecule is CN(C)Cc1ccc(-c2ccc(CCC(=O)c3ncc(-c4ccccn4)o3)cc2)cc1.O=C=O. The molecule has 4 aromatic rings. The first-order valence-corrected chi connectivity index (χ1v) is 10.7. The molecule has 0 N–H and O–H groups in total. The molecule has 0 aliphatic carbocycles. The lowest BCUT2D eigenvalue weighted by Gasteiger charge is -2.10. The second kappa shape index (κ2) is 12.2. The molecule has 0 saturated heterocycles. The highest BCUT2D eigenvalue weighted by atomic mass is 16.4. The summed E-state index contributed by atoms with van der Waals surface area (Å²) in [6.45, 7) is 0.932. The van der Waals surface area contributed by atoms with Gasteiger partial charge in [-0.1, -0.05) is 54.6 Å². The average Bonchev–Trinajstić information content (AvgIpc) is 3.35. The van der Waals surface area contributed by atoms with Crippen molar-refractivity contribution in [3.8, 4) is 22.6 Å². The van der Waals surface area contributed by atoms with Crippen molar-refractivity contribution in [1.29, 1.82) is 0 Å². The lowest BCUT2D eigenvalue weighted by molar-refractivity contribution is -0.191. The highest BCUT2D eigenvalue weighted by molar-refractivity contribution is 5.92. The van der Waals surface area contributed by atoms with Crippen molar-refractivity contribution in [2.75, 3.05) is 14.1 Å². The highest BCUT2D eigenvalue weighted by Crippen LogP contribution is 2.22. The van der Waals surface area contributed by atoms with E-state index in [1.165, 1.54) is 16.7 Å². The molecule has 2 aromatic heterocycles. The van der Waals surface area contributed by atoms with Crippen LogP contribution in [0.15, 0.2) is 83.5 Å². The fourth-order valence-corrected chi connectivity index (χ4v) is 3.43. The van der Waals surface area contributed by atoms with Gasteiger partial charge < -0.3 is 9.32 Å². The number of ketones is 1. The topological polar surface area (TPSA) is 93.4 Å². The zero-order chi connectivity index (χ0) is 24.3. The van der Waals surface area contributed by atoms with Crippen LogP contribution in [0.4, 0.5) is 0 Å². The van der Waals surface area contributed by atoms with Crippen molar-refractivity contribution in [3.63, 3.8) is 0 Å². The molecule has 0 spiro atoms. The number of carbonyl (C=O) groups is 1. The largest absolute Gasteiger partial charge is 0.432 e. The molecule has 0 saturated carbocycles. The third-order valence-corrected chi connectivity index (χ3v) is 5.04. The standard InChI is InChI=1S/C26H25N3O2.CO2/c1-29(2)18-20-8-13-22(14-9-20)21-11-6-19(7-12-21)10-15-24(30)26-28-17-25(31-26)23-5-3-4-16-27-23;2-1-3/h3-9,11-14,16-17H,10,15,18H2,1-2H3;. The molecular weight excluding hydrogens is 430 g/mol. The summed E-state index contributed by atoms with van der Waals surface area (Å²) in [5.41, 5.74) is 5.42. The fourth-order valence-electron chi connectivity index (χ4n) is 3.43. The van der Waals surface area contributed by atoms with Crippen LogP contribution < -0.4 is 0 Å². The van der Waals surface area contributed by atoms with Gasteiger partial charge in [-0.15, -0.1) is 0 Å². The van der Waals surface area contributed by atoms with Gasteiger partial charge in [0.05, 0.1) is 6.20 Å². The Morgan fingerprint density at radius 1 is 0.882 bits per heavy atom. The average molecular weight is 456 g/mol. The van der Waals surface area contributed by atoms with Gasteiger partial charge >= 0.3 is 6.15 Å². The van der Waals surface area contributed by atoms with Gasteiger partial charge in [0.25, 0.3) is 5.89 Å². The maximum absolute atomic E-state index is 12.5. The minimum Gasteiger partial charge on any atom is -0.432 e. The van der Waals surface area contributed by atoms with Crippen molar-refractivity contribution in [1.82, 2.24) is 14.9 Å². The van der Waals surface area contributed by atoms with E-state index < -0.39 is 0 Å². The number of benzene rings is 2. The van der Waals surface area contributed by atoms with Crippen molar-refractivity contribution < 1.29 is 18.8 Å². The van der Waals surface area contributed by atoms with Crippen molar-refractivity contribution >= 4 is 11.9 Å². The van der Waals surface area contributed by atoms with Crippen molar-refractivity contribution in [2.24, 2.45) is 0 Å². The van der Waals surface area contributed by atoms with Crippen LogP contribution in [0.1, 0.15) is 28.2 Å². The van der Waals surface area contributed by atoms with Crippen LogP contribution in [-0.2, 0) is 22.6 Å². The number of carbonyl (C=O) groups excluding carboxylic acids is 3. The van der Waals surface area contributed by atoms with Crippen LogP contribution in [0.25, 0.3) is 22.6 Å². The van der Waals surface area contributed by atoms with Crippen molar-refractivity contribution in [3.05, 3.63) is 96.1 Å². The maximum Gasteiger partial charge on any atom is 0.373 e. The molecule has 0 radical (unpaired) electrons. The van der Waals surface area contributed by atoms with Crippen LogP contribution >= 0.6 is 0 Å². The third-order valence-electron chi connectivity index (χ3n) is 5.04. The summed E-state index contributed by atoms with van der Waals surface area (Å²) < 4.78 is 5.60. The molecule has 0 atom stereocenters. The summed E-state index contributed by atoms with van der Waals surface area (Å²) in [5.74, 6) is 0.530. The molecule has 0 unspecified atom stereocenters. The Morgan fingerprint density at radius 3 is 2.06 bits per heavy atom. The highest BCUT2D eigenvalue weighted by Gasteiger charge is 2.14. The van der Waals surface area contributed by atoms with Gasteiger partial charge in [0.15, 0.2) is 5.76 Å². The van der Waals surface area contributed by atoms with Crippen molar-refractivity contribution in [2.45, 2.75) is 19.4 Å². The number of nitrogens with zero attached hydrogens (tertiary/aromatic N) is 3. The Balaban J connectivity index is 0.00000103. The Morgan fingerprint density at radius 2 is 1.50 bits per heavy atom. The normalized spacial score (nSPS) is 10.3. The fraction of sp³-hybridized carbons (Fsp3) is 0.185. The van der Waals surface area contributed by atoms with E-state index in [0.717, 1.165) is 12.1 Å². The summed E-state index contributed by atoms with van der Waals surface area (Å²) in [7, 11) is 4.14. The van der Waals surface area contributed by atoms with Gasteiger partial charge in [0.1, 0.15) is 5.69 Å². The van der Waals surface area contributed by atoms with Gasteiger partial charge in [0, 0.05) is 19.2 Å². The molecule has 2 heterocycles. The molecule has 4 rings (SSSR count). The van der Waals surface area contributed by atoms with E-state index in [1.807, 2.05) is 18.2 Å². The number of hydrogen-bond donors (Lipinski definition) is 0. The number of hydrogen-bond acceptors (Lipinski definition) is 7. The number of rotatable bonds is 8. The molecule has 34 heavy (non-hydrogen) atoms. The molecular formula is C27H25N3O4. The third kappa shape index (κ3) is 6.90. The molecule has 7 heteroatoms. The lowest BCUT2D eigenvalue weighted by atomic mass is 10.0. The summed E-state index contributed by atoms with van der Waals surface area (Å²) in [6, 6.07) is 22.5. The van der Waals surface area contributed by atoms with E-state index in [4.69, 9.17) is 14.0 Å². The van der Waals surface area contributed by atoms with Gasteiger partial charge in [-0.25, -0.2) is 4.98 Å². The van der Waals surface area contributed by atoms with Gasteiger partial charge in [-0.05, 0) is 54.9 Å². The quantitative estimate of drug-likeness (QED) is 0.356. The number of aromatic nitrogens is 2. The second-order valence-corrected chi connectivity index (χ2v) is 7.88. The van der Waals surface area contributed by atoms with E-state index >= 15 is 0 Å². The molecule has 172 valence electrons. The van der Waals surface area contributed by atoms with E-state index in [9.17, 15) is 4.79 Å². The van der Waals surface area contributed by atoms with E-state index in [2.05, 4.69) is 77.5 Å².